The Hall–Kier alpha value is -1.71. The number of carbonyl (C=O) groups excluding carboxylic acids is 1. The van der Waals surface area contributed by atoms with Gasteiger partial charge in [-0.1, -0.05) is 32.9 Å². The van der Waals surface area contributed by atoms with Crippen LogP contribution in [0.4, 0.5) is 5.69 Å². The van der Waals surface area contributed by atoms with Crippen molar-refractivity contribution in [1.29, 1.82) is 0 Å². The first-order valence-electron chi connectivity index (χ1n) is 8.28. The minimum absolute atomic E-state index is 0.132. The Balaban J connectivity index is 2.70. The summed E-state index contributed by atoms with van der Waals surface area (Å²) in [6, 6.07) is 5.79. The van der Waals surface area contributed by atoms with Crippen LogP contribution in [0.2, 0.25) is 0 Å². The third-order valence-corrected chi connectivity index (χ3v) is 4.83. The van der Waals surface area contributed by atoms with Crippen LogP contribution >= 0.6 is 0 Å². The fourth-order valence-electron chi connectivity index (χ4n) is 3.93. The predicted molar refractivity (Wildman–Crippen MR) is 93.2 cm³/mol. The molecule has 4 nitrogen and oxygen atoms in total. The number of anilines is 1. The smallest absolute Gasteiger partial charge is 0.328 e. The molecule has 0 N–H and O–H groups in total. The molecule has 0 saturated heterocycles. The van der Waals surface area contributed by atoms with E-state index >= 15 is 0 Å². The maximum Gasteiger partial charge on any atom is 0.328 e. The van der Waals surface area contributed by atoms with Crippen molar-refractivity contribution in [2.45, 2.75) is 58.5 Å². The fraction of sp³-hybridized carbons (Fsp3) is 0.632. The van der Waals surface area contributed by atoms with Gasteiger partial charge in [0.1, 0.15) is 11.8 Å². The molecule has 0 unspecified atom stereocenters. The molecule has 0 spiro atoms. The number of benzene rings is 1. The molecule has 1 heterocycles. The van der Waals surface area contributed by atoms with Gasteiger partial charge in [-0.2, -0.15) is 0 Å². The second-order valence-corrected chi connectivity index (χ2v) is 7.40. The van der Waals surface area contributed by atoms with Crippen molar-refractivity contribution in [2.75, 3.05) is 19.1 Å². The summed E-state index contributed by atoms with van der Waals surface area (Å²) in [6.07, 6.45) is 0.980. The summed E-state index contributed by atoms with van der Waals surface area (Å²) in [5.74, 6) is 1.17. The highest BCUT2D eigenvalue weighted by molar-refractivity contribution is 5.83. The van der Waals surface area contributed by atoms with Crippen LogP contribution in [-0.4, -0.2) is 31.8 Å². The number of fused-ring (bicyclic) bond motifs is 1. The molecule has 0 aliphatic carbocycles. The number of esters is 1. The third-order valence-electron chi connectivity index (χ3n) is 4.83. The van der Waals surface area contributed by atoms with Crippen LogP contribution in [0.5, 0.6) is 5.75 Å². The van der Waals surface area contributed by atoms with Crippen molar-refractivity contribution in [3.63, 3.8) is 0 Å². The van der Waals surface area contributed by atoms with E-state index < -0.39 is 0 Å². The molecule has 1 aliphatic heterocycles. The van der Waals surface area contributed by atoms with E-state index in [9.17, 15) is 4.79 Å². The predicted octanol–water partition coefficient (Wildman–Crippen LogP) is 3.99. The van der Waals surface area contributed by atoms with E-state index in [1.54, 1.807) is 7.11 Å². The molecule has 4 heteroatoms. The van der Waals surface area contributed by atoms with Gasteiger partial charge in [0.2, 0.25) is 0 Å². The average Bonchev–Trinajstić information content (AvgIpc) is 2.49. The highest BCUT2D eigenvalue weighted by Crippen LogP contribution is 2.49. The van der Waals surface area contributed by atoms with E-state index in [0.29, 0.717) is 5.92 Å². The number of para-hydroxylation sites is 1. The van der Waals surface area contributed by atoms with Crippen LogP contribution in [0.25, 0.3) is 0 Å². The first kappa shape index (κ1) is 17.6. The second kappa shape index (κ2) is 6.42. The Morgan fingerprint density at radius 1 is 1.30 bits per heavy atom. The highest BCUT2D eigenvalue weighted by atomic mass is 16.5. The average molecular weight is 319 g/mol. The van der Waals surface area contributed by atoms with Gasteiger partial charge in [0.15, 0.2) is 0 Å². The minimum Gasteiger partial charge on any atom is -0.495 e. The largest absolute Gasteiger partial charge is 0.495 e. The summed E-state index contributed by atoms with van der Waals surface area (Å²) in [4.78, 5) is 14.7. The molecule has 23 heavy (non-hydrogen) atoms. The van der Waals surface area contributed by atoms with Gasteiger partial charge in [-0.05, 0) is 43.7 Å². The molecule has 128 valence electrons. The van der Waals surface area contributed by atoms with E-state index in [2.05, 4.69) is 45.6 Å². The number of carbonyl (C=O) groups is 1. The number of nitrogens with zero attached hydrogens (tertiary/aromatic N) is 1. The summed E-state index contributed by atoms with van der Waals surface area (Å²) in [7, 11) is 3.14. The number of methoxy groups -OCH3 is 2. The lowest BCUT2D eigenvalue weighted by Crippen LogP contribution is -2.58. The molecular formula is C19H29NO3. The monoisotopic (exact) mass is 319 g/mol. The topological polar surface area (TPSA) is 38.8 Å². The van der Waals surface area contributed by atoms with Crippen molar-refractivity contribution in [3.8, 4) is 5.75 Å². The van der Waals surface area contributed by atoms with Crippen LogP contribution in [0.1, 0.15) is 52.5 Å². The number of hydrogen-bond acceptors (Lipinski definition) is 4. The zero-order chi connectivity index (χ0) is 17.4. The molecule has 0 saturated carbocycles. The molecule has 2 rings (SSSR count). The Morgan fingerprint density at radius 3 is 2.48 bits per heavy atom. The van der Waals surface area contributed by atoms with Crippen molar-refractivity contribution in [1.82, 2.24) is 0 Å². The van der Waals surface area contributed by atoms with Gasteiger partial charge in [-0.25, -0.2) is 4.79 Å². The number of ether oxygens (including phenoxy) is 2. The Morgan fingerprint density at radius 2 is 1.96 bits per heavy atom. The summed E-state index contributed by atoms with van der Waals surface area (Å²) in [5.41, 5.74) is 2.10. The molecule has 0 bridgehead atoms. The molecule has 0 aromatic heterocycles. The van der Waals surface area contributed by atoms with Crippen molar-refractivity contribution in [3.05, 3.63) is 23.8 Å². The summed E-state index contributed by atoms with van der Waals surface area (Å²) in [6.45, 7) is 10.7. The van der Waals surface area contributed by atoms with Gasteiger partial charge in [-0.15, -0.1) is 0 Å². The lowest BCUT2D eigenvalue weighted by Gasteiger charge is -2.51. The molecule has 1 aromatic carbocycles. The molecule has 0 fully saturated rings. The zero-order valence-electron chi connectivity index (χ0n) is 15.3. The summed E-state index contributed by atoms with van der Waals surface area (Å²) >= 11 is 0. The van der Waals surface area contributed by atoms with Crippen LogP contribution in [0.15, 0.2) is 18.2 Å². The van der Waals surface area contributed by atoms with Gasteiger partial charge < -0.3 is 14.4 Å². The number of hydrogen-bond donors (Lipinski definition) is 0. The van der Waals surface area contributed by atoms with Gasteiger partial charge in [0.25, 0.3) is 0 Å². The SMILES string of the molecule is COC(=O)[C@H](C(C)C)N1c2c(OC)cccc2[C@@H](C)CC1(C)C. The van der Waals surface area contributed by atoms with Crippen molar-refractivity contribution in [2.24, 2.45) is 5.92 Å². The Kier molecular flexibility index (Phi) is 4.92. The lowest BCUT2D eigenvalue weighted by molar-refractivity contribution is -0.143. The third kappa shape index (κ3) is 3.04. The Labute approximate surface area is 139 Å². The van der Waals surface area contributed by atoms with Gasteiger partial charge in [0.05, 0.1) is 19.9 Å². The highest BCUT2D eigenvalue weighted by Gasteiger charge is 2.45. The molecule has 0 amide bonds. The van der Waals surface area contributed by atoms with Gasteiger partial charge in [-0.3, -0.25) is 0 Å². The quantitative estimate of drug-likeness (QED) is 0.787. The minimum atomic E-state index is -0.336. The van der Waals surface area contributed by atoms with E-state index in [0.717, 1.165) is 17.9 Å². The Bertz CT molecular complexity index is 580. The first-order chi connectivity index (χ1) is 10.7. The van der Waals surface area contributed by atoms with E-state index in [-0.39, 0.29) is 23.5 Å². The van der Waals surface area contributed by atoms with Crippen molar-refractivity contribution < 1.29 is 14.3 Å². The molecule has 2 atom stereocenters. The molecule has 1 aromatic rings. The number of rotatable bonds is 4. The first-order valence-corrected chi connectivity index (χ1v) is 8.28. The lowest BCUT2D eigenvalue weighted by atomic mass is 9.78. The second-order valence-electron chi connectivity index (χ2n) is 7.40. The molecule has 1 aliphatic rings. The maximum atomic E-state index is 12.5. The summed E-state index contributed by atoms with van der Waals surface area (Å²) < 4.78 is 10.7. The van der Waals surface area contributed by atoms with Crippen LogP contribution in [-0.2, 0) is 9.53 Å². The fourth-order valence-corrected chi connectivity index (χ4v) is 3.93. The van der Waals surface area contributed by atoms with E-state index in [1.807, 2.05) is 12.1 Å². The molecule has 0 radical (unpaired) electrons. The summed E-state index contributed by atoms with van der Waals surface area (Å²) in [5, 5.41) is 0. The molecular weight excluding hydrogens is 290 g/mol. The normalized spacial score (nSPS) is 20.9. The van der Waals surface area contributed by atoms with E-state index in [1.165, 1.54) is 12.7 Å². The van der Waals surface area contributed by atoms with Crippen LogP contribution in [0, 0.1) is 5.92 Å². The van der Waals surface area contributed by atoms with E-state index in [4.69, 9.17) is 9.47 Å². The standard InChI is InChI=1S/C19H29NO3/c1-12(2)16(18(21)23-7)20-17-14(9-8-10-15(17)22-6)13(3)11-19(20,4)5/h8-10,12-13,16H,11H2,1-7H3/t13-,16-/m0/s1. The zero-order valence-corrected chi connectivity index (χ0v) is 15.3. The van der Waals surface area contributed by atoms with Gasteiger partial charge >= 0.3 is 5.97 Å². The maximum absolute atomic E-state index is 12.5. The van der Waals surface area contributed by atoms with Crippen LogP contribution in [0.3, 0.4) is 0 Å². The van der Waals surface area contributed by atoms with Gasteiger partial charge in [0, 0.05) is 5.54 Å². The van der Waals surface area contributed by atoms with Crippen molar-refractivity contribution >= 4 is 11.7 Å². The van der Waals surface area contributed by atoms with Crippen LogP contribution < -0.4 is 9.64 Å².